The maximum Gasteiger partial charge on any atom is 0.416 e. The number of aromatic nitrogens is 3. The summed E-state index contributed by atoms with van der Waals surface area (Å²) in [5.41, 5.74) is 7.07. The molecule has 1 saturated heterocycles. The summed E-state index contributed by atoms with van der Waals surface area (Å²) in [5.74, 6) is 1.26. The molecule has 232 valence electrons. The lowest BCUT2D eigenvalue weighted by Crippen LogP contribution is -2.42. The SMILES string of the molecule is Cc1cc(Nc2cc(C(F)(F)F)ccn2)nc(-c2ccc(NC3CCN(C(=O)c4cccc5c4Cc4ccccc4-5)CC3)nc2)c1. The van der Waals surface area contributed by atoms with Crippen LogP contribution in [0.25, 0.3) is 22.4 Å². The Balaban J connectivity index is 0.975. The second-order valence-corrected chi connectivity index (χ2v) is 11.8. The molecule has 2 aliphatic rings. The predicted molar refractivity (Wildman–Crippen MR) is 172 cm³/mol. The Morgan fingerprint density at radius 2 is 1.67 bits per heavy atom. The summed E-state index contributed by atoms with van der Waals surface area (Å²) in [6.45, 7) is 3.21. The number of benzene rings is 2. The molecule has 0 bridgehead atoms. The molecule has 1 aliphatic carbocycles. The Bertz CT molecular complexity index is 1920. The van der Waals surface area contributed by atoms with Crippen molar-refractivity contribution in [1.82, 2.24) is 19.9 Å². The van der Waals surface area contributed by atoms with E-state index in [9.17, 15) is 18.0 Å². The van der Waals surface area contributed by atoms with Crippen LogP contribution < -0.4 is 10.6 Å². The molecule has 2 aromatic carbocycles. The Morgan fingerprint density at radius 1 is 0.870 bits per heavy atom. The second-order valence-electron chi connectivity index (χ2n) is 11.8. The number of amides is 1. The van der Waals surface area contributed by atoms with E-state index < -0.39 is 11.7 Å². The van der Waals surface area contributed by atoms with Crippen LogP contribution in [-0.2, 0) is 12.6 Å². The van der Waals surface area contributed by atoms with Crippen LogP contribution in [0.15, 0.2) is 91.3 Å². The van der Waals surface area contributed by atoms with Crippen LogP contribution in [0.2, 0.25) is 0 Å². The number of pyridine rings is 3. The Kier molecular flexibility index (Phi) is 7.64. The maximum atomic E-state index is 13.6. The normalized spacial score (nSPS) is 14.5. The fraction of sp³-hybridized carbons (Fsp3) is 0.222. The van der Waals surface area contributed by atoms with E-state index in [4.69, 9.17) is 0 Å². The van der Waals surface area contributed by atoms with Crippen LogP contribution in [0.3, 0.4) is 0 Å². The fourth-order valence-corrected chi connectivity index (χ4v) is 6.28. The van der Waals surface area contributed by atoms with E-state index >= 15 is 0 Å². The molecule has 7 rings (SSSR count). The standard InChI is InChI=1S/C36H31F3N6O/c1-22-17-31(43-34(18-22)44-33-20-25(11-14-40-33)36(37,38)39)24-9-10-32(41-21-24)42-26-12-15-45(16-13-26)35(46)29-8-4-7-28-27-6-3-2-5-23(27)19-30(28)29/h2-11,14,17-18,20-21,26H,12-13,15-16,19H2,1H3,(H,41,42)(H,40,43,44). The van der Waals surface area contributed by atoms with Crippen molar-refractivity contribution in [2.75, 3.05) is 23.7 Å². The van der Waals surface area contributed by atoms with E-state index in [0.29, 0.717) is 24.6 Å². The van der Waals surface area contributed by atoms with Crippen LogP contribution >= 0.6 is 0 Å². The lowest BCUT2D eigenvalue weighted by atomic mass is 9.98. The zero-order valence-corrected chi connectivity index (χ0v) is 25.1. The molecule has 1 amide bonds. The smallest absolute Gasteiger partial charge is 0.367 e. The van der Waals surface area contributed by atoms with Crippen molar-refractivity contribution < 1.29 is 18.0 Å². The highest BCUT2D eigenvalue weighted by molar-refractivity contribution is 5.99. The van der Waals surface area contributed by atoms with Gasteiger partial charge >= 0.3 is 6.18 Å². The highest BCUT2D eigenvalue weighted by atomic mass is 19.4. The molecule has 2 N–H and O–H groups in total. The van der Waals surface area contributed by atoms with Gasteiger partial charge in [-0.1, -0.05) is 36.4 Å². The van der Waals surface area contributed by atoms with E-state index in [2.05, 4.69) is 43.8 Å². The first-order valence-electron chi connectivity index (χ1n) is 15.2. The second kappa shape index (κ2) is 11.9. The molecule has 46 heavy (non-hydrogen) atoms. The number of alkyl halides is 3. The first-order valence-corrected chi connectivity index (χ1v) is 15.2. The quantitative estimate of drug-likeness (QED) is 0.197. The number of carbonyl (C=O) groups is 1. The van der Waals surface area contributed by atoms with Gasteiger partial charge in [-0.25, -0.2) is 15.0 Å². The molecule has 5 aromatic rings. The number of fused-ring (bicyclic) bond motifs is 3. The molecule has 10 heteroatoms. The van der Waals surface area contributed by atoms with Crippen molar-refractivity contribution in [2.45, 2.75) is 38.4 Å². The van der Waals surface area contributed by atoms with Crippen molar-refractivity contribution in [3.8, 4) is 22.4 Å². The topological polar surface area (TPSA) is 83.0 Å². The summed E-state index contributed by atoms with van der Waals surface area (Å²) in [7, 11) is 0. The Hall–Kier alpha value is -5.25. The fourth-order valence-electron chi connectivity index (χ4n) is 6.28. The molecule has 0 saturated carbocycles. The third-order valence-electron chi connectivity index (χ3n) is 8.59. The number of anilines is 3. The predicted octanol–water partition coefficient (Wildman–Crippen LogP) is 7.90. The molecule has 3 aromatic heterocycles. The van der Waals surface area contributed by atoms with E-state index in [1.807, 2.05) is 54.3 Å². The number of piperidine rings is 1. The van der Waals surface area contributed by atoms with Crippen LogP contribution in [0.4, 0.5) is 30.6 Å². The first kappa shape index (κ1) is 29.5. The number of rotatable bonds is 6. The summed E-state index contributed by atoms with van der Waals surface area (Å²) in [5, 5.41) is 6.39. The molecule has 0 unspecified atom stereocenters. The van der Waals surface area contributed by atoms with Crippen molar-refractivity contribution >= 4 is 23.4 Å². The molecule has 1 fully saturated rings. The number of nitrogens with one attached hydrogen (secondary N) is 2. The van der Waals surface area contributed by atoms with Gasteiger partial charge in [-0.15, -0.1) is 0 Å². The van der Waals surface area contributed by atoms with Crippen molar-refractivity contribution in [3.63, 3.8) is 0 Å². The number of hydrogen-bond acceptors (Lipinski definition) is 6. The molecular weight excluding hydrogens is 589 g/mol. The van der Waals surface area contributed by atoms with Gasteiger partial charge in [-0.3, -0.25) is 4.79 Å². The minimum absolute atomic E-state index is 0.0579. The average Bonchev–Trinajstić information content (AvgIpc) is 3.44. The van der Waals surface area contributed by atoms with Gasteiger partial charge in [0, 0.05) is 42.7 Å². The summed E-state index contributed by atoms with van der Waals surface area (Å²) in [4.78, 5) is 28.7. The summed E-state index contributed by atoms with van der Waals surface area (Å²) < 4.78 is 39.4. The number of halogens is 3. The maximum absolute atomic E-state index is 13.6. The van der Waals surface area contributed by atoms with Gasteiger partial charge in [0.1, 0.15) is 17.5 Å². The van der Waals surface area contributed by atoms with Crippen molar-refractivity contribution in [3.05, 3.63) is 119 Å². The van der Waals surface area contributed by atoms with Gasteiger partial charge < -0.3 is 15.5 Å². The number of likely N-dealkylation sites (tertiary alicyclic amines) is 1. The van der Waals surface area contributed by atoms with Gasteiger partial charge in [0.15, 0.2) is 0 Å². The molecule has 4 heterocycles. The number of hydrogen-bond donors (Lipinski definition) is 2. The van der Waals surface area contributed by atoms with Crippen molar-refractivity contribution in [2.24, 2.45) is 0 Å². The molecule has 7 nitrogen and oxygen atoms in total. The number of nitrogens with zero attached hydrogens (tertiary/aromatic N) is 4. The van der Waals surface area contributed by atoms with Gasteiger partial charge in [0.2, 0.25) is 0 Å². The minimum atomic E-state index is -4.46. The lowest BCUT2D eigenvalue weighted by Gasteiger charge is -2.33. The molecule has 0 radical (unpaired) electrons. The van der Waals surface area contributed by atoms with E-state index in [1.54, 1.807) is 12.3 Å². The number of carbonyl (C=O) groups excluding carboxylic acids is 1. The molecule has 0 spiro atoms. The third-order valence-corrected chi connectivity index (χ3v) is 8.59. The zero-order valence-electron chi connectivity index (χ0n) is 25.1. The average molecular weight is 621 g/mol. The molecule has 1 aliphatic heterocycles. The van der Waals surface area contributed by atoms with Gasteiger partial charge in [-0.2, -0.15) is 13.2 Å². The van der Waals surface area contributed by atoms with E-state index in [-0.39, 0.29) is 17.8 Å². The monoisotopic (exact) mass is 620 g/mol. The molecule has 0 atom stereocenters. The highest BCUT2D eigenvalue weighted by Gasteiger charge is 2.31. The first-order chi connectivity index (χ1) is 22.2. The third kappa shape index (κ3) is 6.02. The van der Waals surface area contributed by atoms with Crippen LogP contribution in [0.5, 0.6) is 0 Å². The van der Waals surface area contributed by atoms with E-state index in [0.717, 1.165) is 71.2 Å². The molecular formula is C36H31F3N6O. The Labute approximate surface area is 264 Å². The summed E-state index contributed by atoms with van der Waals surface area (Å²) in [6, 6.07) is 23.9. The van der Waals surface area contributed by atoms with Crippen LogP contribution in [0, 0.1) is 6.92 Å². The Morgan fingerprint density at radius 3 is 2.46 bits per heavy atom. The van der Waals surface area contributed by atoms with Gasteiger partial charge in [-0.05, 0) is 96.5 Å². The largest absolute Gasteiger partial charge is 0.416 e. The summed E-state index contributed by atoms with van der Waals surface area (Å²) >= 11 is 0. The van der Waals surface area contributed by atoms with Gasteiger partial charge in [0.25, 0.3) is 5.91 Å². The van der Waals surface area contributed by atoms with Crippen LogP contribution in [0.1, 0.15) is 45.5 Å². The highest BCUT2D eigenvalue weighted by Crippen LogP contribution is 2.38. The number of aryl methyl sites for hydroxylation is 1. The summed E-state index contributed by atoms with van der Waals surface area (Å²) in [6.07, 6.45) is 0.785. The van der Waals surface area contributed by atoms with Crippen LogP contribution in [-0.4, -0.2) is 44.9 Å². The zero-order chi connectivity index (χ0) is 31.8. The minimum Gasteiger partial charge on any atom is -0.367 e. The lowest BCUT2D eigenvalue weighted by molar-refractivity contribution is -0.137. The van der Waals surface area contributed by atoms with E-state index in [1.165, 1.54) is 11.1 Å². The van der Waals surface area contributed by atoms with Gasteiger partial charge in [0.05, 0.1) is 11.3 Å². The van der Waals surface area contributed by atoms with Crippen molar-refractivity contribution in [1.29, 1.82) is 0 Å².